The fraction of sp³-hybridized carbons (Fsp3) is 0.0566. The third kappa shape index (κ3) is 6.16. The number of hydrogen-bond acceptors (Lipinski definition) is 4. The Morgan fingerprint density at radius 3 is 1.72 bits per heavy atom. The number of fused-ring (bicyclic) bond motifs is 4. The fourth-order valence-electron chi connectivity index (χ4n) is 8.27. The molecule has 0 aliphatic heterocycles. The second kappa shape index (κ2) is 13.7. The SMILES string of the molecule is CC1(C)c2cc(C#N)ccc2-c2ccc(-c3cc(-c4ccc5ncccc5c4)cc(-c4cc(-c5ccc(-c6ccccc6)cc5)nc(-c5ccccc5)n4)c3)cc21. The molecule has 0 N–H and O–H groups in total. The summed E-state index contributed by atoms with van der Waals surface area (Å²) in [5.74, 6) is 0.674. The van der Waals surface area contributed by atoms with E-state index in [1.807, 2.05) is 42.6 Å². The standard InChI is InChI=1S/C53H36N4/c1-53(2)47-26-34(33-54)15-22-45(47)46-23-20-40(31-48(46)53)43-28-42(39-21-24-49-41(27-39)14-9-25-55-49)29-44(30-43)51-32-50(56-52(57-51)38-12-7-4-8-13-38)37-18-16-36(17-19-37)35-10-5-3-6-11-35/h3-32H,1-2H3. The van der Waals surface area contributed by atoms with Crippen molar-refractivity contribution in [2.75, 3.05) is 0 Å². The maximum absolute atomic E-state index is 9.70. The van der Waals surface area contributed by atoms with E-state index in [0.717, 1.165) is 66.8 Å². The monoisotopic (exact) mass is 728 g/mol. The maximum Gasteiger partial charge on any atom is 0.160 e. The third-order valence-electron chi connectivity index (χ3n) is 11.3. The zero-order chi connectivity index (χ0) is 38.5. The highest BCUT2D eigenvalue weighted by Gasteiger charge is 2.36. The Balaban J connectivity index is 1.15. The number of aromatic nitrogens is 3. The van der Waals surface area contributed by atoms with Crippen molar-refractivity contribution in [2.24, 2.45) is 0 Å². The number of nitriles is 1. The van der Waals surface area contributed by atoms with E-state index in [-0.39, 0.29) is 5.41 Å². The van der Waals surface area contributed by atoms with Gasteiger partial charge in [0.1, 0.15) is 0 Å². The summed E-state index contributed by atoms with van der Waals surface area (Å²) in [6, 6.07) is 64.0. The predicted molar refractivity (Wildman–Crippen MR) is 232 cm³/mol. The lowest BCUT2D eigenvalue weighted by Gasteiger charge is -2.22. The van der Waals surface area contributed by atoms with Crippen molar-refractivity contribution in [1.82, 2.24) is 15.0 Å². The Labute approximate surface area is 332 Å². The molecule has 0 amide bonds. The molecule has 0 bridgehead atoms. The highest BCUT2D eigenvalue weighted by molar-refractivity contribution is 5.89. The van der Waals surface area contributed by atoms with Crippen LogP contribution in [0.4, 0.5) is 0 Å². The molecule has 10 rings (SSSR count). The van der Waals surface area contributed by atoms with Crippen LogP contribution in [0.3, 0.4) is 0 Å². The molecule has 4 nitrogen and oxygen atoms in total. The van der Waals surface area contributed by atoms with Crippen LogP contribution in [-0.2, 0) is 5.41 Å². The smallest absolute Gasteiger partial charge is 0.160 e. The molecule has 0 unspecified atom stereocenters. The van der Waals surface area contributed by atoms with Crippen LogP contribution in [0.25, 0.3) is 89.3 Å². The van der Waals surface area contributed by atoms with E-state index in [9.17, 15) is 5.26 Å². The zero-order valence-electron chi connectivity index (χ0n) is 31.6. The summed E-state index contributed by atoms with van der Waals surface area (Å²) in [6.07, 6.45) is 1.84. The fourth-order valence-corrected chi connectivity index (χ4v) is 8.27. The molecule has 0 fully saturated rings. The lowest BCUT2D eigenvalue weighted by atomic mass is 9.81. The summed E-state index contributed by atoms with van der Waals surface area (Å²) >= 11 is 0. The van der Waals surface area contributed by atoms with Gasteiger partial charge in [0.2, 0.25) is 0 Å². The molecule has 7 aromatic carbocycles. The molecule has 0 saturated heterocycles. The Morgan fingerprint density at radius 2 is 1.00 bits per heavy atom. The van der Waals surface area contributed by atoms with E-state index in [1.165, 1.54) is 27.8 Å². The van der Waals surface area contributed by atoms with Crippen LogP contribution in [0.1, 0.15) is 30.5 Å². The molecular formula is C53H36N4. The molecule has 1 aliphatic rings. The van der Waals surface area contributed by atoms with Gasteiger partial charge in [-0.2, -0.15) is 5.26 Å². The van der Waals surface area contributed by atoms with Gasteiger partial charge in [-0.15, -0.1) is 0 Å². The summed E-state index contributed by atoms with van der Waals surface area (Å²) in [5, 5.41) is 10.8. The number of rotatable bonds is 6. The van der Waals surface area contributed by atoms with Crippen molar-refractivity contribution >= 4 is 10.9 Å². The molecule has 1 aliphatic carbocycles. The van der Waals surface area contributed by atoms with Crippen molar-refractivity contribution in [2.45, 2.75) is 19.3 Å². The van der Waals surface area contributed by atoms with Crippen molar-refractivity contribution in [1.29, 1.82) is 5.26 Å². The van der Waals surface area contributed by atoms with Gasteiger partial charge in [0, 0.05) is 33.7 Å². The van der Waals surface area contributed by atoms with Crippen LogP contribution >= 0.6 is 0 Å². The van der Waals surface area contributed by atoms with Gasteiger partial charge in [0.05, 0.1) is 28.5 Å². The van der Waals surface area contributed by atoms with Crippen molar-refractivity contribution in [3.05, 3.63) is 199 Å². The number of benzene rings is 7. The van der Waals surface area contributed by atoms with Crippen LogP contribution in [0.15, 0.2) is 182 Å². The zero-order valence-corrected chi connectivity index (χ0v) is 31.6. The van der Waals surface area contributed by atoms with Gasteiger partial charge in [-0.1, -0.05) is 129 Å². The summed E-state index contributed by atoms with van der Waals surface area (Å²) in [5.41, 5.74) is 17.6. The average Bonchev–Trinajstić information content (AvgIpc) is 3.51. The van der Waals surface area contributed by atoms with E-state index in [2.05, 4.69) is 164 Å². The number of nitrogens with zero attached hydrogens (tertiary/aromatic N) is 4. The lowest BCUT2D eigenvalue weighted by molar-refractivity contribution is 0.660. The molecule has 4 heteroatoms. The molecule has 57 heavy (non-hydrogen) atoms. The quantitative estimate of drug-likeness (QED) is 0.171. The minimum atomic E-state index is -0.262. The van der Waals surface area contributed by atoms with Gasteiger partial charge in [-0.25, -0.2) is 9.97 Å². The molecule has 2 heterocycles. The molecule has 268 valence electrons. The van der Waals surface area contributed by atoms with Crippen molar-refractivity contribution < 1.29 is 0 Å². The van der Waals surface area contributed by atoms with Gasteiger partial charge in [0.15, 0.2) is 5.82 Å². The number of pyridine rings is 1. The summed E-state index contributed by atoms with van der Waals surface area (Å²) in [6.45, 7) is 4.51. The Morgan fingerprint density at radius 1 is 0.439 bits per heavy atom. The van der Waals surface area contributed by atoms with Gasteiger partial charge in [-0.05, 0) is 116 Å². The van der Waals surface area contributed by atoms with Gasteiger partial charge < -0.3 is 0 Å². The highest BCUT2D eigenvalue weighted by Crippen LogP contribution is 2.50. The summed E-state index contributed by atoms with van der Waals surface area (Å²) in [4.78, 5) is 15.0. The topological polar surface area (TPSA) is 62.5 Å². The molecule has 0 saturated carbocycles. The van der Waals surface area contributed by atoms with E-state index < -0.39 is 0 Å². The highest BCUT2D eigenvalue weighted by atomic mass is 14.9. The molecule has 0 radical (unpaired) electrons. The van der Waals surface area contributed by atoms with Crippen molar-refractivity contribution in [3.63, 3.8) is 0 Å². The van der Waals surface area contributed by atoms with Crippen LogP contribution in [0.2, 0.25) is 0 Å². The van der Waals surface area contributed by atoms with Crippen LogP contribution in [-0.4, -0.2) is 15.0 Å². The van der Waals surface area contributed by atoms with E-state index in [0.29, 0.717) is 11.4 Å². The van der Waals surface area contributed by atoms with Crippen LogP contribution in [0.5, 0.6) is 0 Å². The first-order valence-corrected chi connectivity index (χ1v) is 19.2. The first-order chi connectivity index (χ1) is 27.9. The summed E-state index contributed by atoms with van der Waals surface area (Å²) in [7, 11) is 0. The largest absolute Gasteiger partial charge is 0.256 e. The number of hydrogen-bond donors (Lipinski definition) is 0. The van der Waals surface area contributed by atoms with Crippen LogP contribution < -0.4 is 0 Å². The molecule has 2 aromatic heterocycles. The second-order valence-corrected chi connectivity index (χ2v) is 15.2. The maximum atomic E-state index is 9.70. The van der Waals surface area contributed by atoms with Gasteiger partial charge >= 0.3 is 0 Å². The molecule has 0 atom stereocenters. The van der Waals surface area contributed by atoms with Crippen LogP contribution in [0, 0.1) is 11.3 Å². The molecule has 9 aromatic rings. The van der Waals surface area contributed by atoms with Gasteiger partial charge in [0.25, 0.3) is 0 Å². The van der Waals surface area contributed by atoms with E-state index in [4.69, 9.17) is 9.97 Å². The minimum Gasteiger partial charge on any atom is -0.256 e. The second-order valence-electron chi connectivity index (χ2n) is 15.2. The normalized spacial score (nSPS) is 12.5. The van der Waals surface area contributed by atoms with Gasteiger partial charge in [-0.3, -0.25) is 4.98 Å². The first-order valence-electron chi connectivity index (χ1n) is 19.2. The summed E-state index contributed by atoms with van der Waals surface area (Å²) < 4.78 is 0. The molecule has 0 spiro atoms. The Bertz CT molecular complexity index is 3030. The van der Waals surface area contributed by atoms with Crippen molar-refractivity contribution in [3.8, 4) is 84.5 Å². The van der Waals surface area contributed by atoms with E-state index >= 15 is 0 Å². The lowest BCUT2D eigenvalue weighted by Crippen LogP contribution is -2.15. The first kappa shape index (κ1) is 34.0. The third-order valence-corrected chi connectivity index (χ3v) is 11.3. The Kier molecular flexibility index (Phi) is 8.17. The van der Waals surface area contributed by atoms with E-state index in [1.54, 1.807) is 0 Å². The minimum absolute atomic E-state index is 0.262. The average molecular weight is 729 g/mol. The Hall–Kier alpha value is -7.48. The predicted octanol–water partition coefficient (Wildman–Crippen LogP) is 13.2. The molecular weight excluding hydrogens is 693 g/mol.